The molecule has 0 aliphatic heterocycles. The molecule has 0 atom stereocenters. The van der Waals surface area contributed by atoms with Crippen molar-refractivity contribution < 1.29 is 9.52 Å². The number of benzene rings is 1. The van der Waals surface area contributed by atoms with E-state index >= 15 is 0 Å². The molecule has 1 aromatic carbocycles. The number of oxazole rings is 1. The number of aromatic nitrogens is 1. The second-order valence-electron chi connectivity index (χ2n) is 4.91. The van der Waals surface area contributed by atoms with Crippen molar-refractivity contribution in [2.75, 3.05) is 13.2 Å². The largest absolute Gasteiger partial charge is 0.439 e. The number of hydrogen-bond acceptors (Lipinski definition) is 4. The van der Waals surface area contributed by atoms with Gasteiger partial charge in [0.2, 0.25) is 5.89 Å². The maximum atomic E-state index is 9.08. The van der Waals surface area contributed by atoms with Crippen molar-refractivity contribution in [3.63, 3.8) is 0 Å². The Balaban J connectivity index is 1.70. The lowest BCUT2D eigenvalue weighted by atomic mass is 10.2. The van der Waals surface area contributed by atoms with Gasteiger partial charge in [-0.15, -0.1) is 0 Å². The van der Waals surface area contributed by atoms with Crippen molar-refractivity contribution in [2.24, 2.45) is 0 Å². The zero-order valence-corrected chi connectivity index (χ0v) is 10.8. The minimum absolute atomic E-state index is 0.183. The summed E-state index contributed by atoms with van der Waals surface area (Å²) in [6, 6.07) is 10.6. The van der Waals surface area contributed by atoms with Gasteiger partial charge in [-0.3, -0.25) is 4.90 Å². The van der Waals surface area contributed by atoms with E-state index in [1.54, 1.807) is 6.20 Å². The number of aliphatic hydroxyl groups excluding tert-OH is 1. The lowest BCUT2D eigenvalue weighted by Gasteiger charge is -2.18. The molecule has 2 aromatic rings. The van der Waals surface area contributed by atoms with E-state index in [4.69, 9.17) is 9.52 Å². The van der Waals surface area contributed by atoms with Crippen molar-refractivity contribution in [1.29, 1.82) is 0 Å². The van der Waals surface area contributed by atoms with Crippen molar-refractivity contribution >= 4 is 0 Å². The van der Waals surface area contributed by atoms with Crippen LogP contribution in [0.5, 0.6) is 0 Å². The standard InChI is InChI=1S/C15H18N2O2/c18-9-8-17(13-6-7-13)11-15-16-10-14(19-15)12-4-2-1-3-5-12/h1-5,10,13,18H,6-9,11H2. The van der Waals surface area contributed by atoms with Crippen LogP contribution in [0.15, 0.2) is 40.9 Å². The Morgan fingerprint density at radius 2 is 2.05 bits per heavy atom. The normalized spacial score (nSPS) is 15.1. The number of nitrogens with zero attached hydrogens (tertiary/aromatic N) is 2. The van der Waals surface area contributed by atoms with Gasteiger partial charge in [-0.2, -0.15) is 0 Å². The van der Waals surface area contributed by atoms with Gasteiger partial charge in [-0.05, 0) is 12.8 Å². The van der Waals surface area contributed by atoms with Crippen LogP contribution in [0.3, 0.4) is 0 Å². The van der Waals surface area contributed by atoms with Crippen LogP contribution in [0.25, 0.3) is 11.3 Å². The summed E-state index contributed by atoms with van der Waals surface area (Å²) in [5, 5.41) is 9.08. The van der Waals surface area contributed by atoms with Gasteiger partial charge in [0.25, 0.3) is 0 Å². The Kier molecular flexibility index (Phi) is 3.62. The van der Waals surface area contributed by atoms with Crippen LogP contribution in [0.1, 0.15) is 18.7 Å². The molecule has 0 spiro atoms. The molecular weight excluding hydrogens is 240 g/mol. The molecule has 0 amide bonds. The summed E-state index contributed by atoms with van der Waals surface area (Å²) >= 11 is 0. The molecule has 1 fully saturated rings. The first-order chi connectivity index (χ1) is 9.36. The van der Waals surface area contributed by atoms with Crippen molar-refractivity contribution in [1.82, 2.24) is 9.88 Å². The number of hydrogen-bond donors (Lipinski definition) is 1. The lowest BCUT2D eigenvalue weighted by molar-refractivity contribution is 0.172. The molecule has 1 saturated carbocycles. The molecule has 100 valence electrons. The van der Waals surface area contributed by atoms with Crippen LogP contribution in [-0.4, -0.2) is 34.2 Å². The van der Waals surface area contributed by atoms with Crippen LogP contribution < -0.4 is 0 Å². The van der Waals surface area contributed by atoms with Gasteiger partial charge in [-0.1, -0.05) is 30.3 Å². The molecule has 1 aliphatic rings. The van der Waals surface area contributed by atoms with Crippen molar-refractivity contribution in [2.45, 2.75) is 25.4 Å². The van der Waals surface area contributed by atoms with Gasteiger partial charge in [0.15, 0.2) is 5.76 Å². The van der Waals surface area contributed by atoms with Crippen LogP contribution >= 0.6 is 0 Å². The Bertz CT molecular complexity index is 520. The van der Waals surface area contributed by atoms with Gasteiger partial charge in [0.1, 0.15) is 0 Å². The van der Waals surface area contributed by atoms with E-state index in [9.17, 15) is 0 Å². The molecular formula is C15H18N2O2. The van der Waals surface area contributed by atoms with E-state index in [2.05, 4.69) is 9.88 Å². The summed E-state index contributed by atoms with van der Waals surface area (Å²) in [6.45, 7) is 1.55. The first kappa shape index (κ1) is 12.4. The number of rotatable bonds is 6. The fourth-order valence-corrected chi connectivity index (χ4v) is 2.25. The third-order valence-electron chi connectivity index (χ3n) is 3.40. The predicted molar refractivity (Wildman–Crippen MR) is 72.5 cm³/mol. The summed E-state index contributed by atoms with van der Waals surface area (Å²) in [5.74, 6) is 1.52. The molecule has 1 aromatic heterocycles. The first-order valence-corrected chi connectivity index (χ1v) is 6.72. The van der Waals surface area contributed by atoms with Gasteiger partial charge < -0.3 is 9.52 Å². The highest BCUT2D eigenvalue weighted by Gasteiger charge is 2.29. The van der Waals surface area contributed by atoms with Gasteiger partial charge in [0, 0.05) is 18.2 Å². The molecule has 0 saturated heterocycles. The maximum Gasteiger partial charge on any atom is 0.209 e. The van der Waals surface area contributed by atoms with Gasteiger partial charge >= 0.3 is 0 Å². The highest BCUT2D eigenvalue weighted by Crippen LogP contribution is 2.28. The molecule has 0 radical (unpaired) electrons. The minimum Gasteiger partial charge on any atom is -0.439 e. The van der Waals surface area contributed by atoms with Crippen LogP contribution in [0.4, 0.5) is 0 Å². The van der Waals surface area contributed by atoms with E-state index in [0.29, 0.717) is 19.1 Å². The highest BCUT2D eigenvalue weighted by molar-refractivity contribution is 5.55. The third-order valence-corrected chi connectivity index (χ3v) is 3.40. The quantitative estimate of drug-likeness (QED) is 0.863. The van der Waals surface area contributed by atoms with E-state index < -0.39 is 0 Å². The SMILES string of the molecule is OCCN(Cc1ncc(-c2ccccc2)o1)C1CC1. The summed E-state index contributed by atoms with van der Waals surface area (Å²) in [7, 11) is 0. The highest BCUT2D eigenvalue weighted by atomic mass is 16.4. The van der Waals surface area contributed by atoms with Crippen molar-refractivity contribution in [3.8, 4) is 11.3 Å². The van der Waals surface area contributed by atoms with Crippen molar-refractivity contribution in [3.05, 3.63) is 42.4 Å². The minimum atomic E-state index is 0.183. The van der Waals surface area contributed by atoms with Crippen LogP contribution in [-0.2, 0) is 6.54 Å². The average Bonchev–Trinajstić information content (AvgIpc) is 3.19. The summed E-state index contributed by atoms with van der Waals surface area (Å²) in [4.78, 5) is 6.57. The Labute approximate surface area is 112 Å². The summed E-state index contributed by atoms with van der Waals surface area (Å²) in [5.41, 5.74) is 1.04. The third kappa shape index (κ3) is 3.03. The topological polar surface area (TPSA) is 49.5 Å². The molecule has 0 bridgehead atoms. The molecule has 4 nitrogen and oxygen atoms in total. The van der Waals surface area contributed by atoms with Crippen LogP contribution in [0.2, 0.25) is 0 Å². The number of aliphatic hydroxyl groups is 1. The van der Waals surface area contributed by atoms with Crippen LogP contribution in [0, 0.1) is 0 Å². The average molecular weight is 258 g/mol. The Morgan fingerprint density at radius 3 is 2.74 bits per heavy atom. The predicted octanol–water partition coefficient (Wildman–Crippen LogP) is 2.30. The lowest BCUT2D eigenvalue weighted by Crippen LogP contribution is -2.28. The molecule has 1 heterocycles. The van der Waals surface area contributed by atoms with E-state index in [0.717, 1.165) is 17.2 Å². The van der Waals surface area contributed by atoms with Gasteiger partial charge in [0.05, 0.1) is 19.3 Å². The zero-order chi connectivity index (χ0) is 13.1. The zero-order valence-electron chi connectivity index (χ0n) is 10.8. The van der Waals surface area contributed by atoms with E-state index in [-0.39, 0.29) is 6.61 Å². The maximum absolute atomic E-state index is 9.08. The monoisotopic (exact) mass is 258 g/mol. The second kappa shape index (κ2) is 5.55. The summed E-state index contributed by atoms with van der Waals surface area (Å²) < 4.78 is 5.79. The molecule has 3 rings (SSSR count). The smallest absolute Gasteiger partial charge is 0.209 e. The Hall–Kier alpha value is -1.65. The van der Waals surface area contributed by atoms with E-state index in [1.165, 1.54) is 12.8 Å². The molecule has 4 heteroatoms. The first-order valence-electron chi connectivity index (χ1n) is 6.72. The molecule has 1 aliphatic carbocycles. The second-order valence-corrected chi connectivity index (χ2v) is 4.91. The molecule has 19 heavy (non-hydrogen) atoms. The summed E-state index contributed by atoms with van der Waals surface area (Å²) in [6.07, 6.45) is 4.20. The molecule has 0 unspecified atom stereocenters. The Morgan fingerprint density at radius 1 is 1.26 bits per heavy atom. The molecule has 1 N–H and O–H groups in total. The fourth-order valence-electron chi connectivity index (χ4n) is 2.25. The fraction of sp³-hybridized carbons (Fsp3) is 0.400. The van der Waals surface area contributed by atoms with E-state index in [1.807, 2.05) is 30.3 Å². The van der Waals surface area contributed by atoms with Gasteiger partial charge in [-0.25, -0.2) is 4.98 Å².